The van der Waals surface area contributed by atoms with E-state index in [1.165, 1.54) is 6.08 Å². The summed E-state index contributed by atoms with van der Waals surface area (Å²) in [5.74, 6) is -0.0731. The molecule has 0 atom stereocenters. The molecule has 114 valence electrons. The van der Waals surface area contributed by atoms with Gasteiger partial charge in [-0.05, 0) is 12.1 Å². The van der Waals surface area contributed by atoms with Crippen molar-refractivity contribution in [3.63, 3.8) is 0 Å². The number of imide groups is 1. The Morgan fingerprint density at radius 1 is 1.27 bits per heavy atom. The summed E-state index contributed by atoms with van der Waals surface area (Å²) in [6.45, 7) is 3.74. The van der Waals surface area contributed by atoms with E-state index in [4.69, 9.17) is 4.42 Å². The number of rotatable bonds is 6. The Balaban J connectivity index is 1.82. The third kappa shape index (κ3) is 4.74. The molecule has 7 nitrogen and oxygen atoms in total. The Bertz CT molecular complexity index is 657. The summed E-state index contributed by atoms with van der Waals surface area (Å²) in [7, 11) is 0. The minimum absolute atomic E-state index is 0.00205. The average Bonchev–Trinajstić information content (AvgIpc) is 3.01. The van der Waals surface area contributed by atoms with Gasteiger partial charge in [0.1, 0.15) is 0 Å². The van der Waals surface area contributed by atoms with E-state index in [0.717, 1.165) is 17.3 Å². The van der Waals surface area contributed by atoms with Gasteiger partial charge in [-0.15, -0.1) is 16.8 Å². The molecule has 0 bridgehead atoms. The van der Waals surface area contributed by atoms with Crippen LogP contribution in [-0.2, 0) is 4.79 Å². The normalized spacial score (nSPS) is 10.0. The van der Waals surface area contributed by atoms with Gasteiger partial charge in [-0.3, -0.25) is 10.1 Å². The largest absolute Gasteiger partial charge is 0.411 e. The van der Waals surface area contributed by atoms with E-state index in [1.54, 1.807) is 0 Å². The molecule has 0 aliphatic heterocycles. The molecule has 0 spiro atoms. The van der Waals surface area contributed by atoms with Crippen LogP contribution in [-0.4, -0.2) is 34.4 Å². The topological polar surface area (TPSA) is 97.1 Å². The van der Waals surface area contributed by atoms with Crippen molar-refractivity contribution in [3.05, 3.63) is 43.0 Å². The van der Waals surface area contributed by atoms with Crippen LogP contribution in [0, 0.1) is 0 Å². The average molecular weight is 318 g/mol. The fraction of sp³-hybridized carbons (Fsp3) is 0.143. The lowest BCUT2D eigenvalue weighted by atomic mass is 10.2. The van der Waals surface area contributed by atoms with Gasteiger partial charge >= 0.3 is 6.03 Å². The highest BCUT2D eigenvalue weighted by Crippen LogP contribution is 2.22. The van der Waals surface area contributed by atoms with Gasteiger partial charge in [0.2, 0.25) is 11.8 Å². The van der Waals surface area contributed by atoms with Crippen molar-refractivity contribution >= 4 is 23.7 Å². The summed E-state index contributed by atoms with van der Waals surface area (Å²) in [5, 5.41) is 12.6. The number of nitrogens with zero attached hydrogens (tertiary/aromatic N) is 2. The van der Waals surface area contributed by atoms with Crippen LogP contribution in [0.5, 0.6) is 0 Å². The second kappa shape index (κ2) is 7.99. The summed E-state index contributed by atoms with van der Waals surface area (Å²) in [5.41, 5.74) is 0.801. The number of hydrogen-bond acceptors (Lipinski definition) is 6. The molecule has 0 aliphatic carbocycles. The Morgan fingerprint density at radius 2 is 2.05 bits per heavy atom. The molecule has 0 radical (unpaired) electrons. The highest BCUT2D eigenvalue weighted by atomic mass is 32.2. The minimum Gasteiger partial charge on any atom is -0.411 e. The molecule has 2 N–H and O–H groups in total. The summed E-state index contributed by atoms with van der Waals surface area (Å²) in [4.78, 5) is 22.8. The monoisotopic (exact) mass is 318 g/mol. The molecule has 0 saturated carbocycles. The van der Waals surface area contributed by atoms with Gasteiger partial charge in [0.15, 0.2) is 0 Å². The zero-order valence-electron chi connectivity index (χ0n) is 11.6. The second-order valence-corrected chi connectivity index (χ2v) is 5.00. The van der Waals surface area contributed by atoms with Crippen LogP contribution in [0.3, 0.4) is 0 Å². The Morgan fingerprint density at radius 3 is 2.77 bits per heavy atom. The fourth-order valence-electron chi connectivity index (χ4n) is 1.46. The van der Waals surface area contributed by atoms with Crippen molar-refractivity contribution < 1.29 is 14.0 Å². The number of nitrogens with one attached hydrogen (secondary N) is 2. The molecule has 3 amide bonds. The Kier molecular flexibility index (Phi) is 5.73. The maximum absolute atomic E-state index is 11.6. The standard InChI is InChI=1S/C14H14N4O3S/c1-2-8-15-13(20)16-11(19)9-22-14-18-17-12(21-14)10-6-4-3-5-7-10/h2-7H,1,8-9H2,(H2,15,16,19,20). The number of amides is 3. The van der Waals surface area contributed by atoms with E-state index < -0.39 is 11.9 Å². The number of hydrogen-bond donors (Lipinski definition) is 2. The zero-order chi connectivity index (χ0) is 15.8. The van der Waals surface area contributed by atoms with Crippen molar-refractivity contribution in [2.24, 2.45) is 0 Å². The second-order valence-electron chi connectivity index (χ2n) is 4.07. The number of carbonyl (C=O) groups excluding carboxylic acids is 2. The van der Waals surface area contributed by atoms with Crippen molar-refractivity contribution in [1.82, 2.24) is 20.8 Å². The Hall–Kier alpha value is -2.61. The predicted molar refractivity (Wildman–Crippen MR) is 82.2 cm³/mol. The van der Waals surface area contributed by atoms with Gasteiger partial charge in [0.05, 0.1) is 5.75 Å². The van der Waals surface area contributed by atoms with Gasteiger partial charge in [-0.25, -0.2) is 4.79 Å². The van der Waals surface area contributed by atoms with E-state index >= 15 is 0 Å². The van der Waals surface area contributed by atoms with Gasteiger partial charge in [0, 0.05) is 12.1 Å². The van der Waals surface area contributed by atoms with E-state index in [-0.39, 0.29) is 17.5 Å². The van der Waals surface area contributed by atoms with E-state index in [1.807, 2.05) is 30.3 Å². The predicted octanol–water partition coefficient (Wildman–Crippen LogP) is 1.84. The molecule has 1 aromatic carbocycles. The fourth-order valence-corrected chi connectivity index (χ4v) is 2.03. The van der Waals surface area contributed by atoms with Crippen molar-refractivity contribution in [1.29, 1.82) is 0 Å². The highest BCUT2D eigenvalue weighted by Gasteiger charge is 2.12. The lowest BCUT2D eigenvalue weighted by molar-refractivity contribution is -0.117. The molecule has 0 aliphatic rings. The lowest BCUT2D eigenvalue weighted by Crippen LogP contribution is -2.40. The number of aromatic nitrogens is 2. The van der Waals surface area contributed by atoms with Crippen molar-refractivity contribution in [2.75, 3.05) is 12.3 Å². The van der Waals surface area contributed by atoms with Gasteiger partial charge in [-0.2, -0.15) is 0 Å². The van der Waals surface area contributed by atoms with Crippen LogP contribution in [0.4, 0.5) is 4.79 Å². The SMILES string of the molecule is C=CCNC(=O)NC(=O)CSc1nnc(-c2ccccc2)o1. The molecule has 22 heavy (non-hydrogen) atoms. The molecule has 0 unspecified atom stereocenters. The van der Waals surface area contributed by atoms with Crippen LogP contribution in [0.2, 0.25) is 0 Å². The molecule has 2 rings (SSSR count). The summed E-state index contributed by atoms with van der Waals surface area (Å²) in [6, 6.07) is 8.73. The summed E-state index contributed by atoms with van der Waals surface area (Å²) in [6.07, 6.45) is 1.52. The van der Waals surface area contributed by atoms with E-state index in [9.17, 15) is 9.59 Å². The molecule has 2 aromatic rings. The number of urea groups is 1. The Labute approximate surface area is 131 Å². The third-order valence-corrected chi connectivity index (χ3v) is 3.23. The first-order valence-corrected chi connectivity index (χ1v) is 7.38. The number of carbonyl (C=O) groups is 2. The first-order valence-electron chi connectivity index (χ1n) is 6.39. The van der Waals surface area contributed by atoms with Crippen LogP contribution < -0.4 is 10.6 Å². The van der Waals surface area contributed by atoms with Crippen molar-refractivity contribution in [2.45, 2.75) is 5.22 Å². The quantitative estimate of drug-likeness (QED) is 0.623. The molecule has 0 fully saturated rings. The van der Waals surface area contributed by atoms with Gasteiger partial charge in [-0.1, -0.05) is 36.0 Å². The maximum atomic E-state index is 11.6. The summed E-state index contributed by atoms with van der Waals surface area (Å²) < 4.78 is 5.44. The van der Waals surface area contributed by atoms with E-state index in [0.29, 0.717) is 5.89 Å². The molecule has 8 heteroatoms. The minimum atomic E-state index is -0.569. The maximum Gasteiger partial charge on any atom is 0.321 e. The molecule has 1 aromatic heterocycles. The molecular formula is C14H14N4O3S. The molecule has 0 saturated heterocycles. The molecular weight excluding hydrogens is 304 g/mol. The summed E-state index contributed by atoms with van der Waals surface area (Å²) >= 11 is 1.06. The van der Waals surface area contributed by atoms with Crippen LogP contribution in [0.25, 0.3) is 11.5 Å². The first kappa shape index (κ1) is 15.8. The van der Waals surface area contributed by atoms with Crippen LogP contribution in [0.15, 0.2) is 52.6 Å². The highest BCUT2D eigenvalue weighted by molar-refractivity contribution is 7.99. The molecule has 1 heterocycles. The van der Waals surface area contributed by atoms with Crippen LogP contribution in [0.1, 0.15) is 0 Å². The first-order chi connectivity index (χ1) is 10.7. The number of thioether (sulfide) groups is 1. The van der Waals surface area contributed by atoms with Gasteiger partial charge < -0.3 is 9.73 Å². The van der Waals surface area contributed by atoms with Crippen LogP contribution >= 0.6 is 11.8 Å². The van der Waals surface area contributed by atoms with Gasteiger partial charge in [0.25, 0.3) is 5.22 Å². The zero-order valence-corrected chi connectivity index (χ0v) is 12.4. The lowest BCUT2D eigenvalue weighted by Gasteiger charge is -2.03. The number of benzene rings is 1. The van der Waals surface area contributed by atoms with Crippen molar-refractivity contribution in [3.8, 4) is 11.5 Å². The van der Waals surface area contributed by atoms with E-state index in [2.05, 4.69) is 27.4 Å². The third-order valence-electron chi connectivity index (χ3n) is 2.41. The smallest absolute Gasteiger partial charge is 0.321 e.